The molecule has 30 heavy (non-hydrogen) atoms. The van der Waals surface area contributed by atoms with Crippen LogP contribution in [0.25, 0.3) is 0 Å². The number of halogens is 1. The topological polar surface area (TPSA) is 94.6 Å². The zero-order valence-electron chi connectivity index (χ0n) is 16.6. The Kier molecular flexibility index (Phi) is 6.65. The van der Waals surface area contributed by atoms with Gasteiger partial charge in [-0.3, -0.25) is 0 Å². The highest BCUT2D eigenvalue weighted by molar-refractivity contribution is 6.30. The van der Waals surface area contributed by atoms with Gasteiger partial charge in [0.1, 0.15) is 28.9 Å². The molecule has 0 amide bonds. The standard InChI is InChI=1S/C23H21ClN2O4/c1-3-19-21(23(27)28-4-2)20(18(13-25)22(26)30-19)14-6-5-7-17(12-14)29-16-10-8-15(24)9-11-16/h5-12,20H,3-4,26H2,1-2H3. The van der Waals surface area contributed by atoms with Gasteiger partial charge in [0.05, 0.1) is 18.1 Å². The molecule has 2 N–H and O–H groups in total. The van der Waals surface area contributed by atoms with Gasteiger partial charge in [-0.1, -0.05) is 30.7 Å². The van der Waals surface area contributed by atoms with E-state index in [0.717, 1.165) is 0 Å². The minimum Gasteiger partial charge on any atom is -0.463 e. The molecule has 1 aliphatic heterocycles. The second-order valence-corrected chi connectivity index (χ2v) is 6.90. The number of carbonyl (C=O) groups is 1. The Bertz CT molecular complexity index is 1050. The first kappa shape index (κ1) is 21.3. The van der Waals surface area contributed by atoms with Crippen molar-refractivity contribution < 1.29 is 19.0 Å². The monoisotopic (exact) mass is 424 g/mol. The van der Waals surface area contributed by atoms with E-state index in [1.807, 2.05) is 13.0 Å². The molecule has 1 aliphatic rings. The maximum absolute atomic E-state index is 12.8. The van der Waals surface area contributed by atoms with Gasteiger partial charge in [0.15, 0.2) is 0 Å². The summed E-state index contributed by atoms with van der Waals surface area (Å²) >= 11 is 5.92. The Morgan fingerprint density at radius 1 is 1.20 bits per heavy atom. The fourth-order valence-electron chi connectivity index (χ4n) is 3.24. The molecule has 2 aromatic rings. The first-order chi connectivity index (χ1) is 14.5. The van der Waals surface area contributed by atoms with E-state index in [0.29, 0.717) is 34.3 Å². The molecule has 1 heterocycles. The Balaban J connectivity index is 2.06. The van der Waals surface area contributed by atoms with Crippen LogP contribution < -0.4 is 10.5 Å². The number of hydrogen-bond acceptors (Lipinski definition) is 6. The number of nitrogens with zero attached hydrogens (tertiary/aromatic N) is 1. The van der Waals surface area contributed by atoms with Gasteiger partial charge < -0.3 is 19.9 Å². The summed E-state index contributed by atoms with van der Waals surface area (Å²) in [6, 6.07) is 16.2. The lowest BCUT2D eigenvalue weighted by Crippen LogP contribution is -2.26. The van der Waals surface area contributed by atoms with Crippen molar-refractivity contribution >= 4 is 17.6 Å². The minimum atomic E-state index is -0.716. The van der Waals surface area contributed by atoms with Crippen molar-refractivity contribution in [2.45, 2.75) is 26.2 Å². The number of carbonyl (C=O) groups excluding carboxylic acids is 1. The molecule has 0 radical (unpaired) electrons. The van der Waals surface area contributed by atoms with Crippen LogP contribution in [0.1, 0.15) is 31.7 Å². The minimum absolute atomic E-state index is 0.0172. The summed E-state index contributed by atoms with van der Waals surface area (Å²) in [6.45, 7) is 3.77. The summed E-state index contributed by atoms with van der Waals surface area (Å²) in [7, 11) is 0. The maximum Gasteiger partial charge on any atom is 0.338 e. The van der Waals surface area contributed by atoms with Gasteiger partial charge in [0, 0.05) is 11.4 Å². The third-order valence-electron chi connectivity index (χ3n) is 4.55. The molecule has 0 fully saturated rings. The van der Waals surface area contributed by atoms with Crippen molar-refractivity contribution in [1.29, 1.82) is 5.26 Å². The maximum atomic E-state index is 12.8. The lowest BCUT2D eigenvalue weighted by atomic mass is 9.82. The van der Waals surface area contributed by atoms with Gasteiger partial charge in [0.2, 0.25) is 5.88 Å². The van der Waals surface area contributed by atoms with Crippen LogP contribution in [-0.4, -0.2) is 12.6 Å². The molecule has 0 bridgehead atoms. The molecule has 7 heteroatoms. The number of nitriles is 1. The summed E-state index contributed by atoms with van der Waals surface area (Å²) in [5.74, 6) is 0.262. The first-order valence-corrected chi connectivity index (χ1v) is 9.87. The van der Waals surface area contributed by atoms with Crippen molar-refractivity contribution in [3.63, 3.8) is 0 Å². The molecule has 1 unspecified atom stereocenters. The van der Waals surface area contributed by atoms with E-state index < -0.39 is 11.9 Å². The second-order valence-electron chi connectivity index (χ2n) is 6.46. The average Bonchev–Trinajstić information content (AvgIpc) is 2.74. The van der Waals surface area contributed by atoms with Crippen LogP contribution in [0.3, 0.4) is 0 Å². The number of rotatable bonds is 6. The third-order valence-corrected chi connectivity index (χ3v) is 4.81. The van der Waals surface area contributed by atoms with Gasteiger partial charge in [-0.2, -0.15) is 5.26 Å². The Hall–Kier alpha value is -3.43. The van der Waals surface area contributed by atoms with Crippen LogP contribution >= 0.6 is 11.6 Å². The smallest absolute Gasteiger partial charge is 0.338 e. The van der Waals surface area contributed by atoms with E-state index >= 15 is 0 Å². The summed E-state index contributed by atoms with van der Waals surface area (Å²) < 4.78 is 16.7. The molecule has 0 saturated carbocycles. The van der Waals surface area contributed by atoms with E-state index in [2.05, 4.69) is 6.07 Å². The molecular weight excluding hydrogens is 404 g/mol. The average molecular weight is 425 g/mol. The molecule has 3 rings (SSSR count). The van der Waals surface area contributed by atoms with Crippen LogP contribution in [0.4, 0.5) is 0 Å². The fourth-order valence-corrected chi connectivity index (χ4v) is 3.37. The lowest BCUT2D eigenvalue weighted by molar-refractivity contribution is -0.139. The van der Waals surface area contributed by atoms with Crippen molar-refractivity contribution in [1.82, 2.24) is 0 Å². The van der Waals surface area contributed by atoms with Crippen molar-refractivity contribution in [3.8, 4) is 17.6 Å². The number of esters is 1. The van der Waals surface area contributed by atoms with Crippen molar-refractivity contribution in [3.05, 3.63) is 81.9 Å². The number of allylic oxidation sites excluding steroid dienone is 2. The second kappa shape index (κ2) is 9.38. The molecule has 6 nitrogen and oxygen atoms in total. The fraction of sp³-hybridized carbons (Fsp3) is 0.217. The van der Waals surface area contributed by atoms with Crippen LogP contribution in [0.2, 0.25) is 5.02 Å². The van der Waals surface area contributed by atoms with E-state index in [1.54, 1.807) is 49.4 Å². The summed E-state index contributed by atoms with van der Waals surface area (Å²) in [4.78, 5) is 12.8. The quantitative estimate of drug-likeness (QED) is 0.643. The van der Waals surface area contributed by atoms with E-state index in [-0.39, 0.29) is 23.6 Å². The SMILES string of the molecule is CCOC(=O)C1=C(CC)OC(N)=C(C#N)C1c1cccc(Oc2ccc(Cl)cc2)c1. The van der Waals surface area contributed by atoms with Gasteiger partial charge in [0.25, 0.3) is 0 Å². The summed E-state index contributed by atoms with van der Waals surface area (Å²) in [5.41, 5.74) is 7.09. The molecule has 2 aromatic carbocycles. The van der Waals surface area contributed by atoms with Crippen LogP contribution in [0.5, 0.6) is 11.5 Å². The van der Waals surface area contributed by atoms with E-state index in [1.165, 1.54) is 0 Å². The Morgan fingerprint density at radius 2 is 1.93 bits per heavy atom. The largest absolute Gasteiger partial charge is 0.463 e. The Morgan fingerprint density at radius 3 is 2.57 bits per heavy atom. The summed E-state index contributed by atoms with van der Waals surface area (Å²) in [5, 5.41) is 10.3. The number of ether oxygens (including phenoxy) is 3. The van der Waals surface area contributed by atoms with Crippen LogP contribution in [-0.2, 0) is 14.3 Å². The summed E-state index contributed by atoms with van der Waals surface area (Å²) in [6.07, 6.45) is 0.422. The zero-order chi connectivity index (χ0) is 21.7. The first-order valence-electron chi connectivity index (χ1n) is 9.49. The highest BCUT2D eigenvalue weighted by Crippen LogP contribution is 2.41. The van der Waals surface area contributed by atoms with Crippen LogP contribution in [0.15, 0.2) is 71.3 Å². The normalized spacial score (nSPS) is 16.0. The predicted octanol–water partition coefficient (Wildman–Crippen LogP) is 5.17. The molecule has 154 valence electrons. The highest BCUT2D eigenvalue weighted by atomic mass is 35.5. The number of benzene rings is 2. The number of nitrogens with two attached hydrogens (primary N) is 1. The van der Waals surface area contributed by atoms with Gasteiger partial charge >= 0.3 is 5.97 Å². The molecular formula is C23H21ClN2O4. The van der Waals surface area contributed by atoms with E-state index in [9.17, 15) is 10.1 Å². The molecule has 0 aliphatic carbocycles. The zero-order valence-corrected chi connectivity index (χ0v) is 17.4. The molecule has 0 spiro atoms. The van der Waals surface area contributed by atoms with Gasteiger partial charge in [-0.25, -0.2) is 4.79 Å². The molecule has 0 saturated heterocycles. The molecule has 0 aromatic heterocycles. The van der Waals surface area contributed by atoms with Crippen LogP contribution in [0, 0.1) is 11.3 Å². The molecule has 1 atom stereocenters. The Labute approximate surface area is 180 Å². The number of hydrogen-bond donors (Lipinski definition) is 1. The van der Waals surface area contributed by atoms with E-state index in [4.69, 9.17) is 31.5 Å². The third kappa shape index (κ3) is 4.42. The van der Waals surface area contributed by atoms with Crippen molar-refractivity contribution in [2.75, 3.05) is 6.61 Å². The lowest BCUT2D eigenvalue weighted by Gasteiger charge is -2.28. The van der Waals surface area contributed by atoms with Gasteiger partial charge in [-0.15, -0.1) is 0 Å². The predicted molar refractivity (Wildman–Crippen MR) is 113 cm³/mol. The van der Waals surface area contributed by atoms with Gasteiger partial charge in [-0.05, 0) is 48.9 Å². The highest BCUT2D eigenvalue weighted by Gasteiger charge is 2.37. The van der Waals surface area contributed by atoms with Crippen molar-refractivity contribution in [2.24, 2.45) is 5.73 Å².